The maximum Gasteiger partial charge on any atom is 0.273 e. The van der Waals surface area contributed by atoms with E-state index in [2.05, 4.69) is 0 Å². The maximum absolute atomic E-state index is 12.4. The SMILES string of the molecule is CCOC(OCC)P(=O)(OCC)C(C)N. The molecule has 0 aromatic rings. The second kappa shape index (κ2) is 7.36. The van der Waals surface area contributed by atoms with Crippen molar-refractivity contribution in [3.8, 4) is 0 Å². The maximum atomic E-state index is 12.4. The number of hydrogen-bond acceptors (Lipinski definition) is 5. The van der Waals surface area contributed by atoms with E-state index in [1.807, 2.05) is 13.8 Å². The van der Waals surface area contributed by atoms with Gasteiger partial charge in [-0.1, -0.05) is 0 Å². The van der Waals surface area contributed by atoms with Gasteiger partial charge in [-0.2, -0.15) is 0 Å². The van der Waals surface area contributed by atoms with Crippen LogP contribution in [0.2, 0.25) is 0 Å². The first-order chi connectivity index (χ1) is 7.02. The second-order valence-corrected chi connectivity index (χ2v) is 5.81. The van der Waals surface area contributed by atoms with Gasteiger partial charge in [-0.3, -0.25) is 4.57 Å². The van der Waals surface area contributed by atoms with E-state index < -0.39 is 19.2 Å². The van der Waals surface area contributed by atoms with Gasteiger partial charge >= 0.3 is 0 Å². The first-order valence-corrected chi connectivity index (χ1v) is 7.01. The van der Waals surface area contributed by atoms with Crippen LogP contribution in [0.15, 0.2) is 0 Å². The topological polar surface area (TPSA) is 70.8 Å². The molecule has 0 saturated carbocycles. The molecular formula is C9H22NO4P. The molecule has 0 aromatic heterocycles. The Balaban J connectivity index is 4.73. The fourth-order valence-electron chi connectivity index (χ4n) is 1.11. The Kier molecular flexibility index (Phi) is 7.40. The van der Waals surface area contributed by atoms with Crippen molar-refractivity contribution in [2.75, 3.05) is 19.8 Å². The summed E-state index contributed by atoms with van der Waals surface area (Å²) in [6, 6.07) is -0.854. The average Bonchev–Trinajstić information content (AvgIpc) is 2.17. The minimum Gasteiger partial charge on any atom is -0.345 e. The molecule has 2 N–H and O–H groups in total. The molecule has 2 unspecified atom stereocenters. The molecule has 0 spiro atoms. The minimum atomic E-state index is -3.10. The third-order valence-corrected chi connectivity index (χ3v) is 4.49. The molecule has 0 aliphatic carbocycles. The summed E-state index contributed by atoms with van der Waals surface area (Å²) in [6.45, 7) is 8.18. The van der Waals surface area contributed by atoms with E-state index in [9.17, 15) is 4.57 Å². The van der Waals surface area contributed by atoms with Crippen molar-refractivity contribution in [3.63, 3.8) is 0 Å². The first kappa shape index (κ1) is 15.1. The van der Waals surface area contributed by atoms with Crippen LogP contribution in [0.1, 0.15) is 27.7 Å². The van der Waals surface area contributed by atoms with Crippen LogP contribution in [0.4, 0.5) is 0 Å². The molecule has 6 heteroatoms. The largest absolute Gasteiger partial charge is 0.345 e. The van der Waals surface area contributed by atoms with E-state index >= 15 is 0 Å². The minimum absolute atomic E-state index is 0.329. The monoisotopic (exact) mass is 239 g/mol. The number of nitrogens with two attached hydrogens (primary N) is 1. The van der Waals surface area contributed by atoms with Crippen molar-refractivity contribution in [2.24, 2.45) is 5.73 Å². The summed E-state index contributed by atoms with van der Waals surface area (Å²) >= 11 is 0. The van der Waals surface area contributed by atoms with E-state index in [0.717, 1.165) is 0 Å². The van der Waals surface area contributed by atoms with Crippen molar-refractivity contribution < 1.29 is 18.6 Å². The standard InChI is InChI=1S/C9H22NO4P/c1-5-12-9(13-6-2)15(11,8(4)10)14-7-3/h8-9H,5-7,10H2,1-4H3. The van der Waals surface area contributed by atoms with Gasteiger partial charge < -0.3 is 19.7 Å². The zero-order valence-corrected chi connectivity index (χ0v) is 10.8. The molecule has 92 valence electrons. The van der Waals surface area contributed by atoms with Gasteiger partial charge in [0, 0.05) is 13.2 Å². The van der Waals surface area contributed by atoms with Crippen LogP contribution in [0, 0.1) is 0 Å². The van der Waals surface area contributed by atoms with Crippen LogP contribution in [0.25, 0.3) is 0 Å². The van der Waals surface area contributed by atoms with Crippen molar-refractivity contribution in [1.29, 1.82) is 0 Å². The lowest BCUT2D eigenvalue weighted by Crippen LogP contribution is -2.29. The Labute approximate surface area is 91.7 Å². The van der Waals surface area contributed by atoms with Crippen LogP contribution in [-0.4, -0.2) is 31.6 Å². The lowest BCUT2D eigenvalue weighted by Gasteiger charge is -2.28. The van der Waals surface area contributed by atoms with Crippen LogP contribution >= 0.6 is 7.37 Å². The third kappa shape index (κ3) is 4.21. The van der Waals surface area contributed by atoms with Crippen LogP contribution < -0.4 is 5.73 Å². The van der Waals surface area contributed by atoms with Crippen molar-refractivity contribution >= 4 is 7.37 Å². The van der Waals surface area contributed by atoms with Gasteiger partial charge in [-0.15, -0.1) is 0 Å². The van der Waals surface area contributed by atoms with Gasteiger partial charge in [0.15, 0.2) is 0 Å². The molecule has 0 aromatic carbocycles. The van der Waals surface area contributed by atoms with Crippen LogP contribution in [-0.2, 0) is 18.6 Å². The highest BCUT2D eigenvalue weighted by Crippen LogP contribution is 2.55. The van der Waals surface area contributed by atoms with Crippen molar-refractivity contribution in [1.82, 2.24) is 0 Å². The smallest absolute Gasteiger partial charge is 0.273 e. The fraction of sp³-hybridized carbons (Fsp3) is 1.00. The number of hydrogen-bond donors (Lipinski definition) is 1. The Bertz CT molecular complexity index is 204. The quantitative estimate of drug-likeness (QED) is 0.518. The fourth-order valence-corrected chi connectivity index (χ4v) is 2.97. The Morgan fingerprint density at radius 3 is 1.87 bits per heavy atom. The van der Waals surface area contributed by atoms with E-state index in [1.54, 1.807) is 13.8 Å². The number of ether oxygens (including phenoxy) is 2. The second-order valence-electron chi connectivity index (χ2n) is 3.02. The average molecular weight is 239 g/mol. The van der Waals surface area contributed by atoms with Gasteiger partial charge in [0.05, 0.1) is 12.4 Å². The molecule has 0 fully saturated rings. The number of rotatable bonds is 8. The summed E-state index contributed by atoms with van der Waals surface area (Å²) in [7, 11) is -3.10. The predicted octanol–water partition coefficient (Wildman–Crippen LogP) is 1.96. The molecule has 0 heterocycles. The van der Waals surface area contributed by atoms with E-state index in [4.69, 9.17) is 19.7 Å². The van der Waals surface area contributed by atoms with Crippen LogP contribution in [0.3, 0.4) is 0 Å². The van der Waals surface area contributed by atoms with Gasteiger partial charge in [0.2, 0.25) is 6.03 Å². The molecule has 2 atom stereocenters. The van der Waals surface area contributed by atoms with Gasteiger partial charge in [0.1, 0.15) is 0 Å². The Hall–Kier alpha value is 0.0700. The summed E-state index contributed by atoms with van der Waals surface area (Å²) in [5, 5.41) is 0. The van der Waals surface area contributed by atoms with Crippen molar-refractivity contribution in [2.45, 2.75) is 39.5 Å². The van der Waals surface area contributed by atoms with E-state index in [0.29, 0.717) is 19.8 Å². The van der Waals surface area contributed by atoms with Gasteiger partial charge in [-0.25, -0.2) is 0 Å². The molecule has 0 bridgehead atoms. The molecule has 0 rings (SSSR count). The van der Waals surface area contributed by atoms with Gasteiger partial charge in [0.25, 0.3) is 7.37 Å². The Morgan fingerprint density at radius 2 is 1.60 bits per heavy atom. The molecular weight excluding hydrogens is 217 g/mol. The zero-order chi connectivity index (χ0) is 11.9. The molecule has 15 heavy (non-hydrogen) atoms. The van der Waals surface area contributed by atoms with Gasteiger partial charge in [-0.05, 0) is 27.7 Å². The Morgan fingerprint density at radius 1 is 1.13 bits per heavy atom. The molecule has 0 aliphatic heterocycles. The predicted molar refractivity (Wildman–Crippen MR) is 59.9 cm³/mol. The van der Waals surface area contributed by atoms with E-state index in [1.165, 1.54) is 0 Å². The normalized spacial score (nSPS) is 17.7. The van der Waals surface area contributed by atoms with E-state index in [-0.39, 0.29) is 0 Å². The highest BCUT2D eigenvalue weighted by atomic mass is 31.2. The molecule has 0 aliphatic rings. The summed E-state index contributed by atoms with van der Waals surface area (Å²) in [5.41, 5.74) is 5.67. The highest BCUT2D eigenvalue weighted by molar-refractivity contribution is 7.60. The summed E-state index contributed by atoms with van der Waals surface area (Å²) in [5.74, 6) is -0.597. The van der Waals surface area contributed by atoms with Crippen molar-refractivity contribution in [3.05, 3.63) is 0 Å². The molecule has 0 saturated heterocycles. The van der Waals surface area contributed by atoms with Crippen LogP contribution in [0.5, 0.6) is 0 Å². The zero-order valence-electron chi connectivity index (χ0n) is 9.93. The third-order valence-electron chi connectivity index (χ3n) is 1.81. The lowest BCUT2D eigenvalue weighted by atomic mass is 10.8. The summed E-state index contributed by atoms with van der Waals surface area (Å²) in [6.07, 6.45) is 0. The highest BCUT2D eigenvalue weighted by Gasteiger charge is 2.39. The molecule has 0 radical (unpaired) electrons. The summed E-state index contributed by atoms with van der Waals surface area (Å²) < 4.78 is 28.2. The summed E-state index contributed by atoms with van der Waals surface area (Å²) in [4.78, 5) is 0. The molecule has 0 amide bonds. The lowest BCUT2D eigenvalue weighted by molar-refractivity contribution is -0.0895. The molecule has 5 nitrogen and oxygen atoms in total. The first-order valence-electron chi connectivity index (χ1n) is 5.25.